The molecule has 1 N–H and O–H groups in total. The van der Waals surface area contributed by atoms with Gasteiger partial charge in [-0.15, -0.1) is 0 Å². The van der Waals surface area contributed by atoms with Gasteiger partial charge in [0.25, 0.3) is 5.91 Å². The number of carbonyl (C=O) groups is 2. The Labute approximate surface area is 203 Å². The minimum absolute atomic E-state index is 0.0638. The number of benzene rings is 2. The van der Waals surface area contributed by atoms with Crippen LogP contribution in [0.4, 0.5) is 18.0 Å². The molecule has 35 heavy (non-hydrogen) atoms. The molecule has 0 aromatic heterocycles. The van der Waals surface area contributed by atoms with Crippen molar-refractivity contribution in [2.45, 2.75) is 63.1 Å². The van der Waals surface area contributed by atoms with E-state index < -0.39 is 17.2 Å². The van der Waals surface area contributed by atoms with E-state index in [4.69, 9.17) is 0 Å². The van der Waals surface area contributed by atoms with E-state index in [0.29, 0.717) is 44.5 Å². The summed E-state index contributed by atoms with van der Waals surface area (Å²) in [7, 11) is 0. The highest BCUT2D eigenvalue weighted by Crippen LogP contribution is 2.39. The first-order chi connectivity index (χ1) is 16.9. The van der Waals surface area contributed by atoms with Crippen molar-refractivity contribution in [1.82, 2.24) is 15.1 Å². The third-order valence-electron chi connectivity index (χ3n) is 7.91. The van der Waals surface area contributed by atoms with Crippen molar-refractivity contribution in [3.05, 3.63) is 71.0 Å². The van der Waals surface area contributed by atoms with Gasteiger partial charge < -0.3 is 5.32 Å². The summed E-state index contributed by atoms with van der Waals surface area (Å²) in [6, 6.07) is 9.66. The smallest absolute Gasteiger partial charge is 0.322 e. The minimum Gasteiger partial charge on any atom is -0.322 e. The van der Waals surface area contributed by atoms with Crippen LogP contribution in [0.5, 0.6) is 0 Å². The van der Waals surface area contributed by atoms with Crippen LogP contribution in [0.25, 0.3) is 0 Å². The maximum absolute atomic E-state index is 13.9. The molecule has 186 valence electrons. The molecule has 2 aliphatic heterocycles. The lowest BCUT2D eigenvalue weighted by molar-refractivity contribution is -0.135. The molecule has 0 radical (unpaired) electrons. The number of piperidine rings is 1. The number of hydrogen-bond acceptors (Lipinski definition) is 3. The monoisotopic (exact) mass is 485 g/mol. The van der Waals surface area contributed by atoms with Gasteiger partial charge in [0.2, 0.25) is 0 Å². The quantitative estimate of drug-likeness (QED) is 0.599. The molecule has 0 spiro atoms. The van der Waals surface area contributed by atoms with Gasteiger partial charge in [-0.3, -0.25) is 14.6 Å². The van der Waals surface area contributed by atoms with Gasteiger partial charge in [0, 0.05) is 19.0 Å². The van der Waals surface area contributed by atoms with E-state index in [2.05, 4.69) is 10.2 Å². The fourth-order valence-corrected chi connectivity index (χ4v) is 6.05. The zero-order chi connectivity index (χ0) is 24.6. The minimum atomic E-state index is -1.06. The number of hydrogen-bond donors (Lipinski definition) is 1. The highest BCUT2D eigenvalue weighted by molar-refractivity contribution is 6.07. The third kappa shape index (κ3) is 4.68. The number of carbonyl (C=O) groups excluding carboxylic acids is 2. The van der Waals surface area contributed by atoms with Crippen molar-refractivity contribution in [2.75, 3.05) is 13.1 Å². The van der Waals surface area contributed by atoms with Crippen molar-refractivity contribution in [3.8, 4) is 0 Å². The molecule has 2 saturated heterocycles. The van der Waals surface area contributed by atoms with E-state index in [9.17, 15) is 22.8 Å². The Balaban J connectivity index is 1.35. The first-order valence-electron chi connectivity index (χ1n) is 12.4. The van der Waals surface area contributed by atoms with Crippen LogP contribution in [0.3, 0.4) is 0 Å². The molecule has 1 unspecified atom stereocenters. The predicted molar refractivity (Wildman–Crippen MR) is 125 cm³/mol. The molecule has 8 heteroatoms. The van der Waals surface area contributed by atoms with Crippen molar-refractivity contribution < 1.29 is 22.8 Å². The Morgan fingerprint density at radius 3 is 2.17 bits per heavy atom. The average Bonchev–Trinajstić information content (AvgIpc) is 3.45. The molecular formula is C27H30F3N3O2. The van der Waals surface area contributed by atoms with Crippen LogP contribution in [-0.4, -0.2) is 46.4 Å². The van der Waals surface area contributed by atoms with Crippen LogP contribution < -0.4 is 5.32 Å². The van der Waals surface area contributed by atoms with E-state index in [1.165, 1.54) is 23.1 Å². The van der Waals surface area contributed by atoms with Crippen LogP contribution in [0.15, 0.2) is 42.5 Å². The number of rotatable bonds is 6. The Kier molecular flexibility index (Phi) is 6.57. The highest BCUT2D eigenvalue weighted by Gasteiger charge is 2.57. The number of nitrogens with zero attached hydrogens (tertiary/aromatic N) is 2. The summed E-state index contributed by atoms with van der Waals surface area (Å²) in [5.41, 5.74) is 0.435. The van der Waals surface area contributed by atoms with E-state index in [-0.39, 0.29) is 29.7 Å². The molecule has 3 aliphatic rings. The average molecular weight is 486 g/mol. The summed E-state index contributed by atoms with van der Waals surface area (Å²) in [5.74, 6) is -2.32. The van der Waals surface area contributed by atoms with Gasteiger partial charge in [0.1, 0.15) is 11.4 Å². The van der Waals surface area contributed by atoms with Gasteiger partial charge in [0.15, 0.2) is 11.6 Å². The number of imide groups is 1. The van der Waals surface area contributed by atoms with Crippen LogP contribution in [0.1, 0.15) is 49.7 Å². The number of halogens is 3. The molecule has 0 bridgehead atoms. The molecule has 2 aromatic carbocycles. The molecule has 3 amide bonds. The first-order valence-corrected chi connectivity index (χ1v) is 12.4. The topological polar surface area (TPSA) is 52.7 Å². The third-order valence-corrected chi connectivity index (χ3v) is 7.91. The SMILES string of the molecule is O=C1NC(Cc2ccc(F)cc2)(C2CCN(Cc3ccc(F)c(F)c3)CC2)C(=O)N1C1CCCC1. The van der Waals surface area contributed by atoms with Gasteiger partial charge >= 0.3 is 6.03 Å². The van der Waals surface area contributed by atoms with Gasteiger partial charge in [0.05, 0.1) is 0 Å². The molecule has 1 aliphatic carbocycles. The second kappa shape index (κ2) is 9.64. The number of nitrogens with one attached hydrogen (secondary N) is 1. The summed E-state index contributed by atoms with van der Waals surface area (Å²) in [4.78, 5) is 30.6. The van der Waals surface area contributed by atoms with Gasteiger partial charge in [-0.1, -0.05) is 31.0 Å². The Hall–Kier alpha value is -2.87. The number of urea groups is 1. The van der Waals surface area contributed by atoms with E-state index >= 15 is 0 Å². The summed E-state index contributed by atoms with van der Waals surface area (Å²) in [6.45, 7) is 1.83. The lowest BCUT2D eigenvalue weighted by Crippen LogP contribution is -2.57. The fraction of sp³-hybridized carbons (Fsp3) is 0.481. The summed E-state index contributed by atoms with van der Waals surface area (Å²) < 4.78 is 40.4. The fourth-order valence-electron chi connectivity index (χ4n) is 6.05. The lowest BCUT2D eigenvalue weighted by atomic mass is 9.73. The van der Waals surface area contributed by atoms with Crippen molar-refractivity contribution >= 4 is 11.9 Å². The van der Waals surface area contributed by atoms with Crippen LogP contribution in [0.2, 0.25) is 0 Å². The van der Waals surface area contributed by atoms with Crippen molar-refractivity contribution in [1.29, 1.82) is 0 Å². The van der Waals surface area contributed by atoms with Crippen LogP contribution in [-0.2, 0) is 17.8 Å². The Bertz CT molecular complexity index is 1100. The second-order valence-corrected chi connectivity index (χ2v) is 10.1. The maximum Gasteiger partial charge on any atom is 0.325 e. The number of likely N-dealkylation sites (tertiary alicyclic amines) is 1. The normalized spacial score (nSPS) is 24.4. The van der Waals surface area contributed by atoms with Crippen LogP contribution in [0, 0.1) is 23.4 Å². The van der Waals surface area contributed by atoms with E-state index in [0.717, 1.165) is 37.3 Å². The zero-order valence-electron chi connectivity index (χ0n) is 19.6. The molecule has 1 atom stereocenters. The van der Waals surface area contributed by atoms with E-state index in [1.54, 1.807) is 18.2 Å². The molecule has 2 heterocycles. The van der Waals surface area contributed by atoms with Crippen LogP contribution >= 0.6 is 0 Å². The Morgan fingerprint density at radius 2 is 1.51 bits per heavy atom. The maximum atomic E-state index is 13.9. The lowest BCUT2D eigenvalue weighted by Gasteiger charge is -2.41. The molecule has 1 saturated carbocycles. The first kappa shape index (κ1) is 23.9. The predicted octanol–water partition coefficient (Wildman–Crippen LogP) is 4.79. The van der Waals surface area contributed by atoms with Gasteiger partial charge in [-0.05, 0) is 80.1 Å². The second-order valence-electron chi connectivity index (χ2n) is 10.1. The summed E-state index contributed by atoms with van der Waals surface area (Å²) in [5, 5.41) is 3.09. The highest BCUT2D eigenvalue weighted by atomic mass is 19.2. The van der Waals surface area contributed by atoms with Gasteiger partial charge in [-0.25, -0.2) is 18.0 Å². The van der Waals surface area contributed by atoms with E-state index in [1.807, 2.05) is 0 Å². The summed E-state index contributed by atoms with van der Waals surface area (Å²) in [6.07, 6.45) is 5.35. The standard InChI is InChI=1S/C27H30F3N3O2/c28-21-8-5-18(6-9-21)16-27(25(34)33(26(35)31-27)22-3-1-2-4-22)20-11-13-32(14-12-20)17-19-7-10-23(29)24(30)15-19/h5-10,15,20,22H,1-4,11-14,16-17H2,(H,31,35). The number of amides is 3. The zero-order valence-corrected chi connectivity index (χ0v) is 19.6. The Morgan fingerprint density at radius 1 is 0.857 bits per heavy atom. The largest absolute Gasteiger partial charge is 0.325 e. The molecule has 3 fully saturated rings. The van der Waals surface area contributed by atoms with Crippen molar-refractivity contribution in [3.63, 3.8) is 0 Å². The van der Waals surface area contributed by atoms with Gasteiger partial charge in [-0.2, -0.15) is 0 Å². The molecular weight excluding hydrogens is 455 g/mol. The molecule has 5 rings (SSSR count). The molecule has 5 nitrogen and oxygen atoms in total. The molecule has 2 aromatic rings. The summed E-state index contributed by atoms with van der Waals surface area (Å²) >= 11 is 0. The van der Waals surface area contributed by atoms with Crippen molar-refractivity contribution in [2.24, 2.45) is 5.92 Å².